The monoisotopic (exact) mass is 313 g/mol. The standard InChI is InChI=1S/C16H23NO3.ClH/c1-3-20-15(18)16(8-10-17-11-9-16)12-13-4-6-14(19-2)7-5-13;/h4-7,17H,3,8-12H2,1-2H3;1H. The van der Waals surface area contributed by atoms with Crippen molar-refractivity contribution in [1.82, 2.24) is 5.32 Å². The first-order valence-corrected chi connectivity index (χ1v) is 7.21. The number of halogens is 1. The van der Waals surface area contributed by atoms with E-state index in [-0.39, 0.29) is 23.8 Å². The van der Waals surface area contributed by atoms with Crippen molar-refractivity contribution >= 4 is 18.4 Å². The Morgan fingerprint density at radius 2 is 1.86 bits per heavy atom. The molecule has 0 aromatic heterocycles. The fourth-order valence-electron chi connectivity index (χ4n) is 2.78. The molecule has 1 N–H and O–H groups in total. The van der Waals surface area contributed by atoms with E-state index in [1.807, 2.05) is 31.2 Å². The molecule has 0 bridgehead atoms. The topological polar surface area (TPSA) is 47.6 Å². The van der Waals surface area contributed by atoms with Gasteiger partial charge in [0, 0.05) is 0 Å². The Morgan fingerprint density at radius 3 is 2.38 bits per heavy atom. The van der Waals surface area contributed by atoms with Gasteiger partial charge in [-0.2, -0.15) is 0 Å². The van der Waals surface area contributed by atoms with Crippen LogP contribution in [0.3, 0.4) is 0 Å². The smallest absolute Gasteiger partial charge is 0.312 e. The van der Waals surface area contributed by atoms with Crippen LogP contribution in [0.1, 0.15) is 25.3 Å². The second-order valence-electron chi connectivity index (χ2n) is 5.28. The number of methoxy groups -OCH3 is 1. The molecular formula is C16H24ClNO3. The molecule has 21 heavy (non-hydrogen) atoms. The van der Waals surface area contributed by atoms with Crippen LogP contribution in [0.15, 0.2) is 24.3 Å². The maximum absolute atomic E-state index is 12.4. The summed E-state index contributed by atoms with van der Waals surface area (Å²) < 4.78 is 10.5. The molecule has 0 unspecified atom stereocenters. The van der Waals surface area contributed by atoms with Gasteiger partial charge in [0.15, 0.2) is 0 Å². The zero-order valence-electron chi connectivity index (χ0n) is 12.7. The summed E-state index contributed by atoms with van der Waals surface area (Å²) >= 11 is 0. The van der Waals surface area contributed by atoms with E-state index in [2.05, 4.69) is 5.32 Å². The Morgan fingerprint density at radius 1 is 1.24 bits per heavy atom. The highest BCUT2D eigenvalue weighted by Gasteiger charge is 2.40. The molecule has 0 saturated carbocycles. The minimum Gasteiger partial charge on any atom is -0.497 e. The summed E-state index contributed by atoms with van der Waals surface area (Å²) in [4.78, 5) is 12.4. The molecular weight excluding hydrogens is 290 g/mol. The van der Waals surface area contributed by atoms with Crippen LogP contribution in [0, 0.1) is 5.41 Å². The van der Waals surface area contributed by atoms with Crippen LogP contribution in [-0.4, -0.2) is 32.8 Å². The van der Waals surface area contributed by atoms with Crippen LogP contribution in [0.25, 0.3) is 0 Å². The average Bonchev–Trinajstić information content (AvgIpc) is 2.49. The molecule has 0 aliphatic carbocycles. The molecule has 0 amide bonds. The van der Waals surface area contributed by atoms with E-state index in [1.165, 1.54) is 0 Å². The van der Waals surface area contributed by atoms with Crippen LogP contribution in [-0.2, 0) is 16.0 Å². The van der Waals surface area contributed by atoms with Crippen LogP contribution >= 0.6 is 12.4 Å². The SMILES string of the molecule is CCOC(=O)C1(Cc2ccc(OC)cc2)CCNCC1.Cl. The number of piperidine rings is 1. The highest BCUT2D eigenvalue weighted by molar-refractivity contribution is 5.85. The van der Waals surface area contributed by atoms with E-state index in [0.29, 0.717) is 6.61 Å². The largest absolute Gasteiger partial charge is 0.497 e. The lowest BCUT2D eigenvalue weighted by atomic mass is 9.74. The normalized spacial score (nSPS) is 16.7. The predicted molar refractivity (Wildman–Crippen MR) is 85.1 cm³/mol. The lowest BCUT2D eigenvalue weighted by Crippen LogP contribution is -2.44. The van der Waals surface area contributed by atoms with Gasteiger partial charge in [0.25, 0.3) is 0 Å². The Bertz CT molecular complexity index is 441. The third kappa shape index (κ3) is 4.35. The van der Waals surface area contributed by atoms with Crippen molar-refractivity contribution < 1.29 is 14.3 Å². The summed E-state index contributed by atoms with van der Waals surface area (Å²) in [6.45, 7) is 4.04. The molecule has 4 nitrogen and oxygen atoms in total. The molecule has 1 aromatic rings. The van der Waals surface area contributed by atoms with Crippen molar-refractivity contribution in [2.45, 2.75) is 26.2 Å². The van der Waals surface area contributed by atoms with Gasteiger partial charge in [-0.25, -0.2) is 0 Å². The molecule has 1 heterocycles. The third-order valence-electron chi connectivity index (χ3n) is 3.97. The second kappa shape index (κ2) is 8.25. The van der Waals surface area contributed by atoms with Gasteiger partial charge in [-0.05, 0) is 57.0 Å². The lowest BCUT2D eigenvalue weighted by molar-refractivity contribution is -0.157. The van der Waals surface area contributed by atoms with Crippen LogP contribution in [0.4, 0.5) is 0 Å². The molecule has 0 spiro atoms. The summed E-state index contributed by atoms with van der Waals surface area (Å²) in [6.07, 6.45) is 2.40. The molecule has 5 heteroatoms. The molecule has 118 valence electrons. The van der Waals surface area contributed by atoms with Gasteiger partial charge in [0.2, 0.25) is 0 Å². The van der Waals surface area contributed by atoms with Crippen molar-refractivity contribution in [2.24, 2.45) is 5.41 Å². The quantitative estimate of drug-likeness (QED) is 0.849. The van der Waals surface area contributed by atoms with E-state index in [9.17, 15) is 4.79 Å². The zero-order valence-corrected chi connectivity index (χ0v) is 13.5. The number of carbonyl (C=O) groups excluding carboxylic acids is 1. The highest BCUT2D eigenvalue weighted by Crippen LogP contribution is 2.34. The number of hydrogen-bond acceptors (Lipinski definition) is 4. The number of nitrogens with one attached hydrogen (secondary N) is 1. The molecule has 1 aliphatic heterocycles. The number of rotatable bonds is 5. The van der Waals surface area contributed by atoms with Crippen molar-refractivity contribution in [3.63, 3.8) is 0 Å². The van der Waals surface area contributed by atoms with E-state index >= 15 is 0 Å². The maximum atomic E-state index is 12.4. The van der Waals surface area contributed by atoms with E-state index in [4.69, 9.17) is 9.47 Å². The van der Waals surface area contributed by atoms with Gasteiger partial charge < -0.3 is 14.8 Å². The lowest BCUT2D eigenvalue weighted by Gasteiger charge is -2.35. The van der Waals surface area contributed by atoms with Crippen molar-refractivity contribution in [1.29, 1.82) is 0 Å². The van der Waals surface area contributed by atoms with Gasteiger partial charge in [-0.1, -0.05) is 12.1 Å². The third-order valence-corrected chi connectivity index (χ3v) is 3.97. The number of carbonyl (C=O) groups is 1. The summed E-state index contributed by atoms with van der Waals surface area (Å²) in [7, 11) is 1.65. The molecule has 1 aromatic carbocycles. The number of ether oxygens (including phenoxy) is 2. The van der Waals surface area contributed by atoms with Gasteiger partial charge in [-0.15, -0.1) is 12.4 Å². The van der Waals surface area contributed by atoms with Crippen molar-refractivity contribution in [2.75, 3.05) is 26.8 Å². The first-order valence-electron chi connectivity index (χ1n) is 7.21. The minimum absolute atomic E-state index is 0. The maximum Gasteiger partial charge on any atom is 0.312 e. The van der Waals surface area contributed by atoms with Crippen LogP contribution in [0.2, 0.25) is 0 Å². The van der Waals surface area contributed by atoms with Crippen LogP contribution < -0.4 is 10.1 Å². The predicted octanol–water partition coefficient (Wildman–Crippen LogP) is 2.59. The van der Waals surface area contributed by atoms with Gasteiger partial charge >= 0.3 is 5.97 Å². The summed E-state index contributed by atoms with van der Waals surface area (Å²) in [5.41, 5.74) is 0.774. The van der Waals surface area contributed by atoms with E-state index in [0.717, 1.165) is 43.7 Å². The Hall–Kier alpha value is -1.26. The summed E-state index contributed by atoms with van der Waals surface area (Å²) in [5, 5.41) is 3.31. The summed E-state index contributed by atoms with van der Waals surface area (Å²) in [6, 6.07) is 7.94. The average molecular weight is 314 g/mol. The molecule has 0 radical (unpaired) electrons. The number of esters is 1. The molecule has 2 rings (SSSR count). The molecule has 0 atom stereocenters. The van der Waals surface area contributed by atoms with Gasteiger partial charge in [-0.3, -0.25) is 4.79 Å². The first kappa shape index (κ1) is 17.8. The van der Waals surface area contributed by atoms with Gasteiger partial charge in [0.05, 0.1) is 19.1 Å². The Balaban J connectivity index is 0.00000220. The number of hydrogen-bond donors (Lipinski definition) is 1. The Labute approximate surface area is 132 Å². The highest BCUT2D eigenvalue weighted by atomic mass is 35.5. The van der Waals surface area contributed by atoms with E-state index < -0.39 is 0 Å². The van der Waals surface area contributed by atoms with Crippen molar-refractivity contribution in [3.8, 4) is 5.75 Å². The second-order valence-corrected chi connectivity index (χ2v) is 5.28. The van der Waals surface area contributed by atoms with Crippen LogP contribution in [0.5, 0.6) is 5.75 Å². The molecule has 1 aliphatic rings. The molecule has 1 fully saturated rings. The van der Waals surface area contributed by atoms with E-state index in [1.54, 1.807) is 7.11 Å². The Kier molecular flexibility index (Phi) is 6.99. The fraction of sp³-hybridized carbons (Fsp3) is 0.562. The van der Waals surface area contributed by atoms with Gasteiger partial charge in [0.1, 0.15) is 5.75 Å². The first-order chi connectivity index (χ1) is 9.70. The number of benzene rings is 1. The summed E-state index contributed by atoms with van der Waals surface area (Å²) in [5.74, 6) is 0.779. The van der Waals surface area contributed by atoms with Crippen molar-refractivity contribution in [3.05, 3.63) is 29.8 Å². The zero-order chi connectivity index (χ0) is 14.4. The minimum atomic E-state index is -0.379. The fourth-order valence-corrected chi connectivity index (χ4v) is 2.78. The molecule has 1 saturated heterocycles.